The molecule has 0 aliphatic carbocycles. The number of primary amides is 1. The standard InChI is InChI=1S/C21H40N8O6S/c22-8-3-1-5-14(20(34)26-11-16(24)30)29-19(33)13-27-21(35)15(6-2-4-9-23)28-18(32)12-25-17(31)7-10-36/h14-15,36H,1-13,22-23H2,(H2,24,30)(H,25,31)(H,26,34)(H,27,35)(H,28,32)(H,29,33)/t14-,15-/m0/s1. The number of thiol groups is 1. The summed E-state index contributed by atoms with van der Waals surface area (Å²) in [7, 11) is 0. The van der Waals surface area contributed by atoms with Gasteiger partial charge >= 0.3 is 0 Å². The number of nitrogens with one attached hydrogen (secondary N) is 5. The van der Waals surface area contributed by atoms with Crippen LogP contribution in [0.25, 0.3) is 0 Å². The normalized spacial score (nSPS) is 12.1. The van der Waals surface area contributed by atoms with E-state index in [1.54, 1.807) is 0 Å². The van der Waals surface area contributed by atoms with E-state index in [9.17, 15) is 28.8 Å². The van der Waals surface area contributed by atoms with Crippen molar-refractivity contribution in [2.75, 3.05) is 38.5 Å². The van der Waals surface area contributed by atoms with E-state index in [2.05, 4.69) is 39.2 Å². The maximum Gasteiger partial charge on any atom is 0.243 e. The van der Waals surface area contributed by atoms with E-state index in [1.807, 2.05) is 0 Å². The first-order chi connectivity index (χ1) is 17.1. The molecule has 0 saturated heterocycles. The minimum absolute atomic E-state index is 0.152. The van der Waals surface area contributed by atoms with Crippen molar-refractivity contribution in [2.45, 2.75) is 57.0 Å². The first-order valence-electron chi connectivity index (χ1n) is 11.8. The topological polar surface area (TPSA) is 241 Å². The molecule has 0 aliphatic heterocycles. The molecule has 36 heavy (non-hydrogen) atoms. The van der Waals surface area contributed by atoms with Crippen LogP contribution in [0, 0.1) is 0 Å². The molecule has 0 spiro atoms. The van der Waals surface area contributed by atoms with Crippen molar-refractivity contribution in [3.63, 3.8) is 0 Å². The second-order valence-corrected chi connectivity index (χ2v) is 8.41. The molecular formula is C21H40N8O6S. The van der Waals surface area contributed by atoms with Crippen LogP contribution in [-0.4, -0.2) is 86.0 Å². The number of rotatable bonds is 20. The Morgan fingerprint density at radius 3 is 1.50 bits per heavy atom. The molecular weight excluding hydrogens is 492 g/mol. The Hall–Kier alpha value is -2.91. The van der Waals surface area contributed by atoms with Crippen LogP contribution in [0.4, 0.5) is 0 Å². The smallest absolute Gasteiger partial charge is 0.243 e. The lowest BCUT2D eigenvalue weighted by molar-refractivity contribution is -0.132. The fourth-order valence-corrected chi connectivity index (χ4v) is 3.17. The predicted molar refractivity (Wildman–Crippen MR) is 136 cm³/mol. The number of hydrogen-bond donors (Lipinski definition) is 9. The third-order valence-electron chi connectivity index (χ3n) is 4.84. The van der Waals surface area contributed by atoms with Crippen LogP contribution in [0.2, 0.25) is 0 Å². The number of unbranched alkanes of at least 4 members (excludes halogenated alkanes) is 2. The second kappa shape index (κ2) is 20.3. The third kappa shape index (κ3) is 16.7. The summed E-state index contributed by atoms with van der Waals surface area (Å²) in [5, 5.41) is 12.3. The maximum absolute atomic E-state index is 12.6. The van der Waals surface area contributed by atoms with Gasteiger partial charge in [0.05, 0.1) is 19.6 Å². The number of carbonyl (C=O) groups is 6. The van der Waals surface area contributed by atoms with E-state index < -0.39 is 48.2 Å². The molecule has 0 fully saturated rings. The van der Waals surface area contributed by atoms with Crippen molar-refractivity contribution in [3.8, 4) is 0 Å². The molecule has 14 nitrogen and oxygen atoms in total. The van der Waals surface area contributed by atoms with Crippen molar-refractivity contribution >= 4 is 48.1 Å². The molecule has 0 aromatic carbocycles. The molecule has 2 atom stereocenters. The van der Waals surface area contributed by atoms with Crippen LogP contribution in [0.5, 0.6) is 0 Å². The molecule has 0 heterocycles. The lowest BCUT2D eigenvalue weighted by Gasteiger charge is -2.20. The largest absolute Gasteiger partial charge is 0.368 e. The van der Waals surface area contributed by atoms with E-state index in [-0.39, 0.29) is 38.3 Å². The average Bonchev–Trinajstić information content (AvgIpc) is 2.83. The molecule has 15 heteroatoms. The minimum atomic E-state index is -0.946. The average molecular weight is 533 g/mol. The molecule has 0 aromatic heterocycles. The molecule has 11 N–H and O–H groups in total. The van der Waals surface area contributed by atoms with Gasteiger partial charge in [-0.3, -0.25) is 28.8 Å². The van der Waals surface area contributed by atoms with Gasteiger partial charge in [0.1, 0.15) is 12.1 Å². The monoisotopic (exact) mass is 532 g/mol. The maximum atomic E-state index is 12.6. The quantitative estimate of drug-likeness (QED) is 0.0558. The molecule has 0 saturated carbocycles. The summed E-state index contributed by atoms with van der Waals surface area (Å²) in [6.45, 7) is -0.308. The lowest BCUT2D eigenvalue weighted by Crippen LogP contribution is -2.53. The highest BCUT2D eigenvalue weighted by Crippen LogP contribution is 2.02. The predicted octanol–water partition coefficient (Wildman–Crippen LogP) is -3.63. The Kier molecular flexibility index (Phi) is 18.7. The molecule has 0 rings (SSSR count). The van der Waals surface area contributed by atoms with Crippen LogP contribution in [0.15, 0.2) is 0 Å². The van der Waals surface area contributed by atoms with E-state index in [1.165, 1.54) is 0 Å². The van der Waals surface area contributed by atoms with Gasteiger partial charge in [-0.25, -0.2) is 0 Å². The first kappa shape index (κ1) is 33.1. The highest BCUT2D eigenvalue weighted by atomic mass is 32.1. The zero-order chi connectivity index (χ0) is 27.3. The summed E-state index contributed by atoms with van der Waals surface area (Å²) in [4.78, 5) is 72.0. The fourth-order valence-electron chi connectivity index (χ4n) is 2.97. The van der Waals surface area contributed by atoms with Gasteiger partial charge in [0.2, 0.25) is 35.4 Å². The summed E-state index contributed by atoms with van der Waals surface area (Å²) in [5.41, 5.74) is 16.0. The van der Waals surface area contributed by atoms with Crippen molar-refractivity contribution in [3.05, 3.63) is 0 Å². The van der Waals surface area contributed by atoms with Crippen LogP contribution in [0.3, 0.4) is 0 Å². The van der Waals surface area contributed by atoms with E-state index >= 15 is 0 Å². The zero-order valence-electron chi connectivity index (χ0n) is 20.5. The van der Waals surface area contributed by atoms with Crippen LogP contribution < -0.4 is 43.8 Å². The van der Waals surface area contributed by atoms with Gasteiger partial charge in [-0.15, -0.1) is 0 Å². The molecule has 0 radical (unpaired) electrons. The lowest BCUT2D eigenvalue weighted by atomic mass is 10.1. The summed E-state index contributed by atoms with van der Waals surface area (Å²) >= 11 is 3.94. The van der Waals surface area contributed by atoms with Crippen LogP contribution in [0.1, 0.15) is 44.9 Å². The SMILES string of the molecule is NCCCC[C@H](NC(=O)CNC(=O)CCS)C(=O)NCC(=O)N[C@@H](CCCCN)C(=O)NCC(N)=O. The highest BCUT2D eigenvalue weighted by molar-refractivity contribution is 7.80. The number of nitrogens with two attached hydrogens (primary N) is 3. The summed E-state index contributed by atoms with van der Waals surface area (Å²) < 4.78 is 0. The molecule has 0 aromatic rings. The molecule has 206 valence electrons. The Morgan fingerprint density at radius 2 is 1.08 bits per heavy atom. The van der Waals surface area contributed by atoms with Gasteiger partial charge in [-0.1, -0.05) is 0 Å². The first-order valence-corrected chi connectivity index (χ1v) is 12.5. The number of carbonyl (C=O) groups excluding carboxylic acids is 6. The van der Waals surface area contributed by atoms with Crippen molar-refractivity contribution in [1.82, 2.24) is 26.6 Å². The number of amides is 6. The van der Waals surface area contributed by atoms with Gasteiger partial charge in [-0.05, 0) is 57.4 Å². The Bertz CT molecular complexity index is 739. The van der Waals surface area contributed by atoms with Gasteiger partial charge in [-0.2, -0.15) is 12.6 Å². The number of hydrogen-bond acceptors (Lipinski definition) is 9. The highest BCUT2D eigenvalue weighted by Gasteiger charge is 2.23. The van der Waals surface area contributed by atoms with E-state index in [0.29, 0.717) is 44.5 Å². The van der Waals surface area contributed by atoms with Gasteiger partial charge in [0.15, 0.2) is 0 Å². The van der Waals surface area contributed by atoms with Gasteiger partial charge in [0, 0.05) is 6.42 Å². The Labute approximate surface area is 216 Å². The Balaban J connectivity index is 4.92. The zero-order valence-corrected chi connectivity index (χ0v) is 21.4. The van der Waals surface area contributed by atoms with Crippen molar-refractivity contribution in [1.29, 1.82) is 0 Å². The third-order valence-corrected chi connectivity index (χ3v) is 5.07. The molecule has 0 bridgehead atoms. The second-order valence-electron chi connectivity index (χ2n) is 7.96. The van der Waals surface area contributed by atoms with Crippen LogP contribution in [-0.2, 0) is 28.8 Å². The molecule has 0 aliphatic rings. The van der Waals surface area contributed by atoms with Crippen molar-refractivity contribution < 1.29 is 28.8 Å². The van der Waals surface area contributed by atoms with Gasteiger partial charge < -0.3 is 43.8 Å². The fraction of sp³-hybridized carbons (Fsp3) is 0.714. The van der Waals surface area contributed by atoms with Gasteiger partial charge in [0.25, 0.3) is 0 Å². The van der Waals surface area contributed by atoms with E-state index in [4.69, 9.17) is 17.2 Å². The molecule has 6 amide bonds. The summed E-state index contributed by atoms with van der Waals surface area (Å²) in [6.07, 6.45) is 3.07. The summed E-state index contributed by atoms with van der Waals surface area (Å²) in [5.74, 6) is -3.13. The van der Waals surface area contributed by atoms with E-state index in [0.717, 1.165) is 0 Å². The Morgan fingerprint density at radius 1 is 0.639 bits per heavy atom. The minimum Gasteiger partial charge on any atom is -0.368 e. The van der Waals surface area contributed by atoms with Crippen LogP contribution >= 0.6 is 12.6 Å². The van der Waals surface area contributed by atoms with Crippen molar-refractivity contribution in [2.24, 2.45) is 17.2 Å². The molecule has 0 unspecified atom stereocenters. The summed E-state index contributed by atoms with van der Waals surface area (Å²) in [6, 6.07) is -1.89.